The number of benzene rings is 7. The predicted octanol–water partition coefficient (Wildman–Crippen LogP) is 9.82. The molecular weight excluding hydrogens is 546 g/mol. The van der Waals surface area contributed by atoms with Gasteiger partial charge in [0.2, 0.25) is 0 Å². The summed E-state index contributed by atoms with van der Waals surface area (Å²) in [5, 5.41) is 11.0. The average molecular weight is 582 g/mol. The summed E-state index contributed by atoms with van der Waals surface area (Å²) in [6.07, 6.45) is 1.30. The summed E-state index contributed by atoms with van der Waals surface area (Å²) in [6, 6.07) is 49.6. The minimum atomic E-state index is -0.402. The van der Waals surface area contributed by atoms with Crippen molar-refractivity contribution in [3.63, 3.8) is 0 Å². The van der Waals surface area contributed by atoms with Crippen molar-refractivity contribution in [2.45, 2.75) is 31.6 Å². The molecule has 7 aromatic rings. The van der Waals surface area contributed by atoms with E-state index in [0.717, 1.165) is 16.7 Å². The number of hydrogen-bond acceptors (Lipinski definition) is 3. The lowest BCUT2D eigenvalue weighted by atomic mass is 9.79. The summed E-state index contributed by atoms with van der Waals surface area (Å²) in [7, 11) is 0. The maximum absolute atomic E-state index is 6.87. The first-order valence-corrected chi connectivity index (χ1v) is 15.7. The molecule has 8 rings (SSSR count). The number of nitrogens with one attached hydrogen (secondary N) is 1. The van der Waals surface area contributed by atoms with Crippen molar-refractivity contribution in [3.05, 3.63) is 167 Å². The number of fused-ring (bicyclic) bond motifs is 7. The van der Waals surface area contributed by atoms with Gasteiger partial charge in [-0.1, -0.05) is 147 Å². The van der Waals surface area contributed by atoms with Crippen LogP contribution in [0.4, 0.5) is 0 Å². The van der Waals surface area contributed by atoms with E-state index < -0.39 is 6.17 Å². The fraction of sp³-hybridized carbons (Fsp3) is 0.119. The fourth-order valence-electron chi connectivity index (χ4n) is 7.42. The van der Waals surface area contributed by atoms with Crippen LogP contribution in [0.1, 0.15) is 54.0 Å². The minimum absolute atomic E-state index is 0.183. The van der Waals surface area contributed by atoms with Crippen molar-refractivity contribution in [2.75, 3.05) is 0 Å². The van der Waals surface area contributed by atoms with Gasteiger partial charge in [0, 0.05) is 17.2 Å². The van der Waals surface area contributed by atoms with Gasteiger partial charge in [0.05, 0.1) is 6.17 Å². The Morgan fingerprint density at radius 3 is 2.16 bits per heavy atom. The van der Waals surface area contributed by atoms with Gasteiger partial charge in [0.15, 0.2) is 0 Å². The molecule has 0 fully saturated rings. The molecule has 0 aromatic heterocycles. The van der Waals surface area contributed by atoms with Gasteiger partial charge in [-0.3, -0.25) is 10.3 Å². The van der Waals surface area contributed by atoms with E-state index in [4.69, 9.17) is 10.7 Å². The molecule has 1 aliphatic carbocycles. The van der Waals surface area contributed by atoms with Crippen LogP contribution in [0, 0.1) is 0 Å². The maximum Gasteiger partial charge on any atom is 0.127 e. The number of nitrogens with zero attached hydrogens (tertiary/aromatic N) is 1. The zero-order valence-corrected chi connectivity index (χ0v) is 25.5. The Kier molecular flexibility index (Phi) is 6.60. The molecular formula is C42H35N3. The lowest BCUT2D eigenvalue weighted by Crippen LogP contribution is -2.33. The highest BCUT2D eigenvalue weighted by Crippen LogP contribution is 2.51. The van der Waals surface area contributed by atoms with Gasteiger partial charge in [-0.15, -0.1) is 0 Å². The Balaban J connectivity index is 1.35. The van der Waals surface area contributed by atoms with Gasteiger partial charge in [-0.2, -0.15) is 0 Å². The second-order valence-electron chi connectivity index (χ2n) is 12.6. The van der Waals surface area contributed by atoms with Crippen LogP contribution in [0.5, 0.6) is 0 Å². The predicted molar refractivity (Wildman–Crippen MR) is 190 cm³/mol. The van der Waals surface area contributed by atoms with Gasteiger partial charge in [0.1, 0.15) is 6.17 Å². The van der Waals surface area contributed by atoms with Gasteiger partial charge in [-0.05, 0) is 71.8 Å². The molecule has 0 heterocycles. The van der Waals surface area contributed by atoms with Crippen LogP contribution >= 0.6 is 0 Å². The van der Waals surface area contributed by atoms with Crippen molar-refractivity contribution in [1.82, 2.24) is 5.32 Å². The molecule has 218 valence electrons. The van der Waals surface area contributed by atoms with E-state index in [9.17, 15) is 0 Å². The Labute approximate surface area is 264 Å². The molecule has 3 heteroatoms. The Morgan fingerprint density at radius 1 is 0.644 bits per heavy atom. The van der Waals surface area contributed by atoms with Crippen LogP contribution < -0.4 is 11.1 Å². The Bertz CT molecular complexity index is 2250. The van der Waals surface area contributed by atoms with E-state index in [0.29, 0.717) is 0 Å². The molecule has 2 unspecified atom stereocenters. The zero-order chi connectivity index (χ0) is 30.5. The van der Waals surface area contributed by atoms with E-state index in [1.165, 1.54) is 54.6 Å². The molecule has 0 bridgehead atoms. The molecule has 0 spiro atoms. The summed E-state index contributed by atoms with van der Waals surface area (Å²) in [4.78, 5) is 5.43. The summed E-state index contributed by atoms with van der Waals surface area (Å²) in [6.45, 7) is 4.65. The highest BCUT2D eigenvalue weighted by Gasteiger charge is 2.38. The van der Waals surface area contributed by atoms with Crippen molar-refractivity contribution in [1.29, 1.82) is 0 Å². The minimum Gasteiger partial charge on any atom is -0.312 e. The fourth-order valence-corrected chi connectivity index (χ4v) is 7.42. The summed E-state index contributed by atoms with van der Waals surface area (Å²) in [5.74, 6) is 0. The van der Waals surface area contributed by atoms with Crippen LogP contribution in [0.25, 0.3) is 43.4 Å². The normalized spacial score (nSPS) is 15.0. The van der Waals surface area contributed by atoms with Gasteiger partial charge < -0.3 is 5.73 Å². The Hall–Kier alpha value is -5.09. The third-order valence-electron chi connectivity index (χ3n) is 9.55. The third-order valence-corrected chi connectivity index (χ3v) is 9.55. The summed E-state index contributed by atoms with van der Waals surface area (Å²) < 4.78 is 0. The van der Waals surface area contributed by atoms with E-state index in [1.807, 2.05) is 18.2 Å². The molecule has 0 aliphatic heterocycles. The molecule has 7 aromatic carbocycles. The van der Waals surface area contributed by atoms with Crippen molar-refractivity contribution >= 4 is 38.5 Å². The summed E-state index contributed by atoms with van der Waals surface area (Å²) in [5.41, 5.74) is 15.2. The number of rotatable bonds is 6. The van der Waals surface area contributed by atoms with Crippen LogP contribution in [-0.4, -0.2) is 6.21 Å². The number of aliphatic imine (C=N–C) groups is 1. The molecule has 3 nitrogen and oxygen atoms in total. The van der Waals surface area contributed by atoms with E-state index in [2.05, 4.69) is 147 Å². The largest absolute Gasteiger partial charge is 0.312 e. The SMILES string of the molecule is CC1(C)c2ccccc2-c2cccc(C(N=Cc3c4ccccc4cc4ccc5ccccc5c34)NC(N)c3ccccc3)c21. The standard InChI is InChI=1S/C42H35N3/c1-42(2)37-22-11-10-19-33(37)34-20-12-21-35(39(34)42)41(45-40(43)28-14-4-3-5-15-28)44-26-36-31-17-8-7-16-29(31)25-30-24-23-27-13-6-9-18-32(27)38(30)36/h3-26,40-41,45H,43H2,1-2H3. The van der Waals surface area contributed by atoms with Crippen LogP contribution in [0.2, 0.25) is 0 Å². The molecule has 45 heavy (non-hydrogen) atoms. The summed E-state index contributed by atoms with van der Waals surface area (Å²) >= 11 is 0. The average Bonchev–Trinajstić information content (AvgIpc) is 3.32. The monoisotopic (exact) mass is 581 g/mol. The Morgan fingerprint density at radius 2 is 1.31 bits per heavy atom. The van der Waals surface area contributed by atoms with Crippen LogP contribution in [-0.2, 0) is 5.41 Å². The first-order chi connectivity index (χ1) is 22.0. The molecule has 3 N–H and O–H groups in total. The maximum atomic E-state index is 6.87. The molecule has 0 radical (unpaired) electrons. The smallest absolute Gasteiger partial charge is 0.127 e. The quantitative estimate of drug-likeness (QED) is 0.0889. The number of hydrogen-bond donors (Lipinski definition) is 2. The van der Waals surface area contributed by atoms with E-state index in [1.54, 1.807) is 0 Å². The molecule has 0 amide bonds. The van der Waals surface area contributed by atoms with Crippen molar-refractivity contribution < 1.29 is 0 Å². The van der Waals surface area contributed by atoms with Crippen LogP contribution in [0.15, 0.2) is 145 Å². The van der Waals surface area contributed by atoms with Crippen molar-refractivity contribution in [3.8, 4) is 11.1 Å². The second kappa shape index (κ2) is 10.8. The van der Waals surface area contributed by atoms with E-state index in [-0.39, 0.29) is 11.6 Å². The lowest BCUT2D eigenvalue weighted by Gasteiger charge is -2.28. The second-order valence-corrected chi connectivity index (χ2v) is 12.6. The van der Waals surface area contributed by atoms with Crippen molar-refractivity contribution in [2.24, 2.45) is 10.7 Å². The molecule has 2 atom stereocenters. The first kappa shape index (κ1) is 27.5. The van der Waals surface area contributed by atoms with Gasteiger partial charge in [-0.25, -0.2) is 0 Å². The lowest BCUT2D eigenvalue weighted by molar-refractivity contribution is 0.460. The molecule has 1 aliphatic rings. The zero-order valence-electron chi connectivity index (χ0n) is 25.5. The van der Waals surface area contributed by atoms with Gasteiger partial charge in [0.25, 0.3) is 0 Å². The van der Waals surface area contributed by atoms with Gasteiger partial charge >= 0.3 is 0 Å². The number of nitrogens with two attached hydrogens (primary N) is 1. The van der Waals surface area contributed by atoms with E-state index >= 15 is 0 Å². The molecule has 0 saturated carbocycles. The highest BCUT2D eigenvalue weighted by molar-refractivity contribution is 6.21. The molecule has 0 saturated heterocycles. The topological polar surface area (TPSA) is 50.4 Å². The first-order valence-electron chi connectivity index (χ1n) is 15.7. The third kappa shape index (κ3) is 4.55. The highest BCUT2D eigenvalue weighted by atomic mass is 15.1. The van der Waals surface area contributed by atoms with Crippen LogP contribution in [0.3, 0.4) is 0 Å².